The number of hydrogen-bond donors (Lipinski definition) is 0. The van der Waals surface area contributed by atoms with Gasteiger partial charge in [-0.3, -0.25) is 0 Å². The SMILES string of the molecule is [B][C@H](OC(=O)c1ccccc1)[C@@](C)(COC(=O)c1ccccc1)C(COC(=O)c1ccccc1)OC. The number of rotatable bonds is 11. The van der Waals surface area contributed by atoms with Gasteiger partial charge < -0.3 is 18.9 Å². The van der Waals surface area contributed by atoms with E-state index in [-0.39, 0.29) is 13.2 Å². The van der Waals surface area contributed by atoms with E-state index < -0.39 is 35.4 Å². The Labute approximate surface area is 211 Å². The van der Waals surface area contributed by atoms with E-state index >= 15 is 0 Å². The summed E-state index contributed by atoms with van der Waals surface area (Å²) in [7, 11) is 7.76. The molecule has 0 amide bonds. The standard InChI is InChI=1S/C28H27BO7/c1-28(19-35-25(31)21-14-8-4-9-15-21,27(29)36-26(32)22-16-10-5-11-17-22)23(33-2)18-34-24(30)20-12-6-3-7-13-20/h3-17,23,27H,18-19H2,1-2H3/t23?,27-,28+/m1/s1. The van der Waals surface area contributed by atoms with Crippen molar-refractivity contribution < 1.29 is 33.3 Å². The summed E-state index contributed by atoms with van der Waals surface area (Å²) in [5.74, 6) is -1.80. The minimum absolute atomic E-state index is 0.222. The molecule has 0 saturated carbocycles. The van der Waals surface area contributed by atoms with Gasteiger partial charge in [-0.1, -0.05) is 61.5 Å². The van der Waals surface area contributed by atoms with Crippen LogP contribution in [0.3, 0.4) is 0 Å². The lowest BCUT2D eigenvalue weighted by Gasteiger charge is -2.40. The first kappa shape index (κ1) is 26.7. The van der Waals surface area contributed by atoms with Crippen molar-refractivity contribution in [3.8, 4) is 0 Å². The Morgan fingerprint density at radius 3 is 1.58 bits per heavy atom. The first-order chi connectivity index (χ1) is 17.3. The van der Waals surface area contributed by atoms with E-state index in [2.05, 4.69) is 0 Å². The Morgan fingerprint density at radius 2 is 1.14 bits per heavy atom. The summed E-state index contributed by atoms with van der Waals surface area (Å²) in [6.45, 7) is 1.14. The fourth-order valence-electron chi connectivity index (χ4n) is 3.47. The van der Waals surface area contributed by atoms with Crippen molar-refractivity contribution in [2.75, 3.05) is 20.3 Å². The number of carbonyl (C=O) groups is 3. The average Bonchev–Trinajstić information content (AvgIpc) is 2.93. The number of methoxy groups -OCH3 is 1. The molecule has 0 heterocycles. The molecule has 3 rings (SSSR count). The number of esters is 3. The van der Waals surface area contributed by atoms with Gasteiger partial charge in [-0.2, -0.15) is 0 Å². The van der Waals surface area contributed by atoms with Crippen molar-refractivity contribution in [1.82, 2.24) is 0 Å². The van der Waals surface area contributed by atoms with Crippen LogP contribution in [0.1, 0.15) is 38.0 Å². The molecule has 7 nitrogen and oxygen atoms in total. The third kappa shape index (κ3) is 6.83. The number of benzene rings is 3. The molecule has 3 aromatic carbocycles. The van der Waals surface area contributed by atoms with Crippen LogP contribution in [0.4, 0.5) is 0 Å². The Kier molecular flexibility index (Phi) is 9.42. The Hall–Kier alpha value is -3.91. The summed E-state index contributed by atoms with van der Waals surface area (Å²) in [5.41, 5.74) is -0.259. The second kappa shape index (κ2) is 12.7. The maximum Gasteiger partial charge on any atom is 0.338 e. The van der Waals surface area contributed by atoms with E-state index in [0.717, 1.165) is 0 Å². The van der Waals surface area contributed by atoms with Crippen molar-refractivity contribution in [3.05, 3.63) is 108 Å². The van der Waals surface area contributed by atoms with Gasteiger partial charge in [-0.25, -0.2) is 14.4 Å². The summed E-state index contributed by atoms with van der Waals surface area (Å²) in [6, 6.07) is 24.0. The van der Waals surface area contributed by atoms with Gasteiger partial charge in [-0.05, 0) is 36.4 Å². The molecule has 0 bridgehead atoms. The second-order valence-corrected chi connectivity index (χ2v) is 8.33. The molecular weight excluding hydrogens is 459 g/mol. The van der Waals surface area contributed by atoms with Gasteiger partial charge in [0.2, 0.25) is 0 Å². The van der Waals surface area contributed by atoms with E-state index in [4.69, 9.17) is 26.8 Å². The molecule has 0 saturated heterocycles. The van der Waals surface area contributed by atoms with Gasteiger partial charge in [0.25, 0.3) is 0 Å². The van der Waals surface area contributed by atoms with E-state index in [9.17, 15) is 14.4 Å². The summed E-state index contributed by atoms with van der Waals surface area (Å²) in [5, 5.41) is 0. The zero-order valence-electron chi connectivity index (χ0n) is 20.2. The Bertz CT molecular complexity index is 1140. The lowest BCUT2D eigenvalue weighted by atomic mass is 9.70. The van der Waals surface area contributed by atoms with Crippen LogP contribution in [0.25, 0.3) is 0 Å². The fourth-order valence-corrected chi connectivity index (χ4v) is 3.47. The normalized spacial score (nSPS) is 14.1. The first-order valence-electron chi connectivity index (χ1n) is 11.3. The third-order valence-corrected chi connectivity index (χ3v) is 5.81. The molecule has 36 heavy (non-hydrogen) atoms. The summed E-state index contributed by atoms with van der Waals surface area (Å²) < 4.78 is 22.2. The molecule has 0 aliphatic heterocycles. The van der Waals surface area contributed by atoms with E-state index in [1.807, 2.05) is 0 Å². The number of ether oxygens (including phenoxy) is 4. The highest BCUT2D eigenvalue weighted by Crippen LogP contribution is 2.31. The van der Waals surface area contributed by atoms with Crippen molar-refractivity contribution in [3.63, 3.8) is 0 Å². The third-order valence-electron chi connectivity index (χ3n) is 5.81. The summed E-state index contributed by atoms with van der Waals surface area (Å²) in [4.78, 5) is 37.8. The molecule has 3 aromatic rings. The summed E-state index contributed by atoms with van der Waals surface area (Å²) in [6.07, 6.45) is -0.882. The van der Waals surface area contributed by atoms with Gasteiger partial charge in [0.15, 0.2) is 0 Å². The average molecular weight is 486 g/mol. The van der Waals surface area contributed by atoms with Crippen molar-refractivity contribution in [2.45, 2.75) is 19.0 Å². The van der Waals surface area contributed by atoms with Crippen LogP contribution in [0, 0.1) is 5.41 Å². The van der Waals surface area contributed by atoms with Crippen LogP contribution in [-0.4, -0.2) is 58.2 Å². The maximum absolute atomic E-state index is 12.7. The number of hydrogen-bond acceptors (Lipinski definition) is 7. The van der Waals surface area contributed by atoms with Crippen molar-refractivity contribution >= 4 is 25.8 Å². The maximum atomic E-state index is 12.7. The first-order valence-corrected chi connectivity index (χ1v) is 11.3. The molecule has 0 fully saturated rings. The van der Waals surface area contributed by atoms with Gasteiger partial charge in [-0.15, -0.1) is 0 Å². The molecule has 8 heteroatoms. The largest absolute Gasteiger partial charge is 0.468 e. The van der Waals surface area contributed by atoms with Gasteiger partial charge >= 0.3 is 17.9 Å². The second-order valence-electron chi connectivity index (χ2n) is 8.33. The van der Waals surface area contributed by atoms with Crippen LogP contribution in [0.2, 0.25) is 0 Å². The quantitative estimate of drug-likeness (QED) is 0.229. The molecule has 184 valence electrons. The van der Waals surface area contributed by atoms with Crippen molar-refractivity contribution in [1.29, 1.82) is 0 Å². The Morgan fingerprint density at radius 1 is 0.722 bits per heavy atom. The van der Waals surface area contributed by atoms with E-state index in [0.29, 0.717) is 16.7 Å². The van der Waals surface area contributed by atoms with Crippen LogP contribution in [0.5, 0.6) is 0 Å². The molecule has 0 aromatic heterocycles. The van der Waals surface area contributed by atoms with Gasteiger partial charge in [0, 0.05) is 7.11 Å². The molecule has 0 spiro atoms. The molecule has 3 atom stereocenters. The van der Waals surface area contributed by atoms with Crippen LogP contribution < -0.4 is 0 Å². The molecule has 0 aliphatic carbocycles. The highest BCUT2D eigenvalue weighted by atomic mass is 16.6. The van der Waals surface area contributed by atoms with Gasteiger partial charge in [0.05, 0.1) is 28.1 Å². The highest BCUT2D eigenvalue weighted by molar-refractivity contribution is 6.13. The molecule has 2 radical (unpaired) electrons. The predicted octanol–water partition coefficient (Wildman–Crippen LogP) is 4.07. The fraction of sp³-hybridized carbons (Fsp3) is 0.250. The molecule has 1 unspecified atom stereocenters. The zero-order valence-corrected chi connectivity index (χ0v) is 20.2. The highest BCUT2D eigenvalue weighted by Gasteiger charge is 2.44. The van der Waals surface area contributed by atoms with Gasteiger partial charge in [0.1, 0.15) is 27.2 Å². The Balaban J connectivity index is 1.78. The topological polar surface area (TPSA) is 88.1 Å². The molecule has 0 aliphatic rings. The van der Waals surface area contributed by atoms with Crippen LogP contribution >= 0.6 is 0 Å². The zero-order chi connectivity index (χ0) is 26.0. The minimum Gasteiger partial charge on any atom is -0.468 e. The van der Waals surface area contributed by atoms with E-state index in [1.165, 1.54) is 7.11 Å². The van der Waals surface area contributed by atoms with Crippen LogP contribution in [-0.2, 0) is 18.9 Å². The number of carbonyl (C=O) groups excluding carboxylic acids is 3. The minimum atomic E-state index is -1.28. The molecular formula is C28H27BO7. The van der Waals surface area contributed by atoms with Crippen LogP contribution in [0.15, 0.2) is 91.0 Å². The smallest absolute Gasteiger partial charge is 0.338 e. The lowest BCUT2D eigenvalue weighted by molar-refractivity contribution is -0.106. The summed E-state index contributed by atoms with van der Waals surface area (Å²) >= 11 is 0. The molecule has 0 N–H and O–H groups in total. The predicted molar refractivity (Wildman–Crippen MR) is 134 cm³/mol. The van der Waals surface area contributed by atoms with Crippen molar-refractivity contribution in [2.24, 2.45) is 5.41 Å². The monoisotopic (exact) mass is 486 g/mol. The van der Waals surface area contributed by atoms with E-state index in [1.54, 1.807) is 97.9 Å². The lowest BCUT2D eigenvalue weighted by Crippen LogP contribution is -2.52.